The molecule has 0 aliphatic heterocycles. The third kappa shape index (κ3) is 4.71. The second-order valence-electron chi connectivity index (χ2n) is 5.47. The second-order valence-corrected chi connectivity index (χ2v) is 5.88. The molecule has 3 rings (SSSR count). The highest BCUT2D eigenvalue weighted by Gasteiger charge is 2.08. The minimum Gasteiger partial charge on any atom is -0.331 e. The Hall–Kier alpha value is -3.05. The highest BCUT2D eigenvalue weighted by Crippen LogP contribution is 2.10. The quantitative estimate of drug-likeness (QED) is 0.424. The van der Waals surface area contributed by atoms with Crippen molar-refractivity contribution in [3.63, 3.8) is 0 Å². The molecule has 0 bridgehead atoms. The summed E-state index contributed by atoms with van der Waals surface area (Å²) in [6.45, 7) is 2.05. The van der Waals surface area contributed by atoms with E-state index in [0.717, 1.165) is 22.7 Å². The molecule has 0 spiro atoms. The molecule has 0 aliphatic carbocycles. The Morgan fingerprint density at radius 2 is 1.64 bits per heavy atom. The standard InChI is InChI=1S/C20H18N4S/c1-15-10-12-17(13-11-15)22-20(25)24-23-19(16-7-3-2-4-8-16)18-9-5-6-14-21-18/h2-14H,1H3,(H2,22,24,25)/b23-19-. The number of pyridine rings is 1. The molecule has 2 aromatic carbocycles. The fraction of sp³-hybridized carbons (Fsp3) is 0.0500. The molecule has 1 aromatic heterocycles. The van der Waals surface area contributed by atoms with Gasteiger partial charge in [0, 0.05) is 17.4 Å². The normalized spacial score (nSPS) is 11.0. The Balaban J connectivity index is 1.79. The first-order valence-electron chi connectivity index (χ1n) is 7.90. The van der Waals surface area contributed by atoms with Crippen molar-refractivity contribution in [3.8, 4) is 0 Å². The van der Waals surface area contributed by atoms with E-state index in [9.17, 15) is 0 Å². The zero-order valence-electron chi connectivity index (χ0n) is 13.8. The molecule has 0 saturated heterocycles. The lowest BCUT2D eigenvalue weighted by Gasteiger charge is -2.10. The summed E-state index contributed by atoms with van der Waals surface area (Å²) in [5.41, 5.74) is 7.50. The number of anilines is 1. The lowest BCUT2D eigenvalue weighted by molar-refractivity contribution is 1.04. The maximum absolute atomic E-state index is 5.34. The summed E-state index contributed by atoms with van der Waals surface area (Å²) in [6.07, 6.45) is 1.75. The smallest absolute Gasteiger partial charge is 0.191 e. The van der Waals surface area contributed by atoms with Crippen molar-refractivity contribution in [2.45, 2.75) is 6.92 Å². The van der Waals surface area contributed by atoms with E-state index in [4.69, 9.17) is 12.2 Å². The number of rotatable bonds is 4. The predicted molar refractivity (Wildman–Crippen MR) is 107 cm³/mol. The third-order valence-corrected chi connectivity index (χ3v) is 3.73. The summed E-state index contributed by atoms with van der Waals surface area (Å²) in [7, 11) is 0. The van der Waals surface area contributed by atoms with Gasteiger partial charge in [-0.2, -0.15) is 5.10 Å². The largest absolute Gasteiger partial charge is 0.331 e. The van der Waals surface area contributed by atoms with Gasteiger partial charge in [-0.1, -0.05) is 54.1 Å². The van der Waals surface area contributed by atoms with Crippen LogP contribution in [0.3, 0.4) is 0 Å². The van der Waals surface area contributed by atoms with Gasteiger partial charge in [0.25, 0.3) is 0 Å². The molecule has 0 amide bonds. The molecule has 0 unspecified atom stereocenters. The molecule has 2 N–H and O–H groups in total. The number of hydrazone groups is 1. The Morgan fingerprint density at radius 3 is 2.32 bits per heavy atom. The van der Waals surface area contributed by atoms with Crippen LogP contribution < -0.4 is 10.7 Å². The van der Waals surface area contributed by atoms with Crippen molar-refractivity contribution in [2.75, 3.05) is 5.32 Å². The second kappa shape index (κ2) is 8.17. The number of benzene rings is 2. The van der Waals surface area contributed by atoms with Crippen molar-refractivity contribution in [3.05, 3.63) is 95.8 Å². The lowest BCUT2D eigenvalue weighted by atomic mass is 10.1. The molecule has 0 aliphatic rings. The molecule has 1 heterocycles. The first kappa shape index (κ1) is 16.8. The Kier molecular flexibility index (Phi) is 5.49. The topological polar surface area (TPSA) is 49.3 Å². The van der Waals surface area contributed by atoms with Gasteiger partial charge < -0.3 is 5.32 Å². The monoisotopic (exact) mass is 346 g/mol. The van der Waals surface area contributed by atoms with Crippen molar-refractivity contribution < 1.29 is 0 Å². The SMILES string of the molecule is Cc1ccc(NC(=S)N/N=C(/c2ccccc2)c2ccccn2)cc1. The molecular formula is C20H18N4S. The first-order chi connectivity index (χ1) is 12.2. The van der Waals surface area contributed by atoms with Gasteiger partial charge in [0.2, 0.25) is 0 Å². The number of hydrogen-bond donors (Lipinski definition) is 2. The summed E-state index contributed by atoms with van der Waals surface area (Å²) >= 11 is 5.34. The molecule has 5 heteroatoms. The van der Waals surface area contributed by atoms with Gasteiger partial charge >= 0.3 is 0 Å². The van der Waals surface area contributed by atoms with Crippen LogP contribution in [-0.4, -0.2) is 15.8 Å². The molecule has 124 valence electrons. The van der Waals surface area contributed by atoms with E-state index in [-0.39, 0.29) is 0 Å². The van der Waals surface area contributed by atoms with E-state index in [1.165, 1.54) is 5.56 Å². The fourth-order valence-corrected chi connectivity index (χ4v) is 2.43. The third-order valence-electron chi connectivity index (χ3n) is 3.53. The first-order valence-corrected chi connectivity index (χ1v) is 8.31. The van der Waals surface area contributed by atoms with Crippen LogP contribution in [0.4, 0.5) is 5.69 Å². The highest BCUT2D eigenvalue weighted by molar-refractivity contribution is 7.80. The van der Waals surface area contributed by atoms with Gasteiger partial charge in [0.1, 0.15) is 5.71 Å². The summed E-state index contributed by atoms with van der Waals surface area (Å²) in [4.78, 5) is 4.39. The van der Waals surface area contributed by atoms with Crippen LogP contribution in [0.5, 0.6) is 0 Å². The van der Waals surface area contributed by atoms with Crippen LogP contribution in [0.15, 0.2) is 84.1 Å². The van der Waals surface area contributed by atoms with Crippen LogP contribution in [0, 0.1) is 6.92 Å². The van der Waals surface area contributed by atoms with E-state index in [1.807, 2.05) is 79.7 Å². The van der Waals surface area contributed by atoms with E-state index in [0.29, 0.717) is 5.11 Å². The number of nitrogens with one attached hydrogen (secondary N) is 2. The maximum Gasteiger partial charge on any atom is 0.191 e. The molecule has 3 aromatic rings. The van der Waals surface area contributed by atoms with Crippen molar-refractivity contribution >= 4 is 28.7 Å². The van der Waals surface area contributed by atoms with Gasteiger partial charge in [0.15, 0.2) is 5.11 Å². The minimum atomic E-state index is 0.424. The zero-order chi connectivity index (χ0) is 17.5. The summed E-state index contributed by atoms with van der Waals surface area (Å²) in [6, 6.07) is 23.6. The summed E-state index contributed by atoms with van der Waals surface area (Å²) in [5, 5.41) is 8.02. The number of aryl methyl sites for hydroxylation is 1. The molecule has 4 nitrogen and oxygen atoms in total. The van der Waals surface area contributed by atoms with Crippen LogP contribution in [0.2, 0.25) is 0 Å². The van der Waals surface area contributed by atoms with Crippen LogP contribution >= 0.6 is 12.2 Å². The zero-order valence-corrected chi connectivity index (χ0v) is 14.6. The highest BCUT2D eigenvalue weighted by atomic mass is 32.1. The van der Waals surface area contributed by atoms with Crippen LogP contribution in [0.25, 0.3) is 0 Å². The molecule has 0 radical (unpaired) electrons. The van der Waals surface area contributed by atoms with E-state index in [2.05, 4.69) is 20.8 Å². The van der Waals surface area contributed by atoms with Crippen molar-refractivity contribution in [1.82, 2.24) is 10.4 Å². The maximum atomic E-state index is 5.34. The number of thiocarbonyl (C=S) groups is 1. The Morgan fingerprint density at radius 1 is 0.920 bits per heavy atom. The average molecular weight is 346 g/mol. The van der Waals surface area contributed by atoms with Crippen LogP contribution in [0.1, 0.15) is 16.8 Å². The Labute approximate surface area is 152 Å². The predicted octanol–water partition coefficient (Wildman–Crippen LogP) is 4.13. The summed E-state index contributed by atoms with van der Waals surface area (Å²) < 4.78 is 0. The minimum absolute atomic E-state index is 0.424. The number of nitrogens with zero attached hydrogens (tertiary/aromatic N) is 2. The molecule has 0 fully saturated rings. The van der Waals surface area contributed by atoms with Gasteiger partial charge in [0.05, 0.1) is 5.69 Å². The molecule has 25 heavy (non-hydrogen) atoms. The van der Waals surface area contributed by atoms with E-state index in [1.54, 1.807) is 6.20 Å². The van der Waals surface area contributed by atoms with Crippen molar-refractivity contribution in [2.24, 2.45) is 5.10 Å². The average Bonchev–Trinajstić information content (AvgIpc) is 2.66. The van der Waals surface area contributed by atoms with Gasteiger partial charge in [-0.05, 0) is 43.4 Å². The fourth-order valence-electron chi connectivity index (χ4n) is 2.27. The molecule has 0 atom stereocenters. The lowest BCUT2D eigenvalue weighted by Crippen LogP contribution is -2.25. The number of aromatic nitrogens is 1. The van der Waals surface area contributed by atoms with Gasteiger partial charge in [-0.25, -0.2) is 0 Å². The Bertz CT molecular complexity index is 818. The van der Waals surface area contributed by atoms with E-state index >= 15 is 0 Å². The van der Waals surface area contributed by atoms with Gasteiger partial charge in [-0.15, -0.1) is 0 Å². The summed E-state index contributed by atoms with van der Waals surface area (Å²) in [5.74, 6) is 0. The van der Waals surface area contributed by atoms with Crippen LogP contribution in [-0.2, 0) is 0 Å². The number of hydrogen-bond acceptors (Lipinski definition) is 3. The van der Waals surface area contributed by atoms with Gasteiger partial charge in [-0.3, -0.25) is 10.4 Å². The molecule has 0 saturated carbocycles. The van der Waals surface area contributed by atoms with Crippen molar-refractivity contribution in [1.29, 1.82) is 0 Å². The van der Waals surface area contributed by atoms with E-state index < -0.39 is 0 Å². The molecular weight excluding hydrogens is 328 g/mol.